The number of rotatable bonds is 5. The summed E-state index contributed by atoms with van der Waals surface area (Å²) in [5.41, 5.74) is 1.64. The first-order valence-corrected chi connectivity index (χ1v) is 10.9. The number of carbonyl (C=O) groups is 3. The summed E-state index contributed by atoms with van der Waals surface area (Å²) in [6.07, 6.45) is 0. The molecule has 0 aliphatic carbocycles. The maximum absolute atomic E-state index is 11.6. The van der Waals surface area contributed by atoms with Gasteiger partial charge in [0.1, 0.15) is 4.88 Å². The molecule has 3 heterocycles. The third-order valence-electron chi connectivity index (χ3n) is 3.18. The smallest absolute Gasteiger partial charge is 0.352 e. The van der Waals surface area contributed by atoms with Gasteiger partial charge in [-0.2, -0.15) is 0 Å². The summed E-state index contributed by atoms with van der Waals surface area (Å²) in [6.45, 7) is 4.83. The van der Waals surface area contributed by atoms with E-state index in [2.05, 4.69) is 40.6 Å². The average Bonchev–Trinajstić information content (AvgIpc) is 3.46. The first-order chi connectivity index (χ1) is 14.8. The molecule has 11 nitrogen and oxygen atoms in total. The highest BCUT2D eigenvalue weighted by Crippen LogP contribution is 2.12. The Hall–Kier alpha value is -2.86. The van der Waals surface area contributed by atoms with E-state index in [0.29, 0.717) is 31.7 Å². The molecule has 0 radical (unpaired) electrons. The lowest BCUT2D eigenvalue weighted by Gasteiger charge is -1.98. The second kappa shape index (κ2) is 12.1. The SMILES string of the molecule is Cc1nnsc1C(=O)Cl.Cc1nnsc1C(=O)OCC#CCOC(=O)c1snnc1C. The zero-order valence-electron chi connectivity index (χ0n) is 16.2. The van der Waals surface area contributed by atoms with Crippen molar-refractivity contribution >= 4 is 63.4 Å². The molecule has 31 heavy (non-hydrogen) atoms. The molecule has 0 unspecified atom stereocenters. The van der Waals surface area contributed by atoms with Crippen LogP contribution in [-0.4, -0.2) is 59.2 Å². The van der Waals surface area contributed by atoms with Gasteiger partial charge in [-0.25, -0.2) is 9.59 Å². The van der Waals surface area contributed by atoms with E-state index in [1.807, 2.05) is 0 Å². The molecule has 0 bridgehead atoms. The summed E-state index contributed by atoms with van der Waals surface area (Å²) in [6, 6.07) is 0. The number of esters is 2. The van der Waals surface area contributed by atoms with Crippen LogP contribution in [0.2, 0.25) is 0 Å². The molecule has 0 saturated heterocycles. The van der Waals surface area contributed by atoms with Crippen LogP contribution in [0.1, 0.15) is 46.1 Å². The van der Waals surface area contributed by atoms with E-state index >= 15 is 0 Å². The Balaban J connectivity index is 0.000000316. The van der Waals surface area contributed by atoms with E-state index in [1.165, 1.54) is 0 Å². The van der Waals surface area contributed by atoms with E-state index in [9.17, 15) is 14.4 Å². The fraction of sp³-hybridized carbons (Fsp3) is 0.312. The van der Waals surface area contributed by atoms with Crippen molar-refractivity contribution < 1.29 is 23.9 Å². The van der Waals surface area contributed by atoms with Crippen LogP contribution in [0.4, 0.5) is 0 Å². The molecule has 0 N–H and O–H groups in total. The fourth-order valence-corrected chi connectivity index (χ4v) is 3.52. The van der Waals surface area contributed by atoms with E-state index in [4.69, 9.17) is 21.1 Å². The van der Waals surface area contributed by atoms with Gasteiger partial charge in [0, 0.05) is 0 Å². The Labute approximate surface area is 193 Å². The van der Waals surface area contributed by atoms with Crippen molar-refractivity contribution in [3.8, 4) is 11.8 Å². The molecule has 3 rings (SSSR count). The van der Waals surface area contributed by atoms with E-state index in [0.717, 1.165) is 34.6 Å². The molecular weight excluding hydrogens is 488 g/mol. The third kappa shape index (κ3) is 7.40. The monoisotopic (exact) mass is 500 g/mol. The number of halogens is 1. The van der Waals surface area contributed by atoms with Crippen molar-refractivity contribution in [3.05, 3.63) is 31.7 Å². The number of hydrogen-bond donors (Lipinski definition) is 0. The topological polar surface area (TPSA) is 147 Å². The van der Waals surface area contributed by atoms with Gasteiger partial charge in [0.05, 0.1) is 17.1 Å². The zero-order valence-corrected chi connectivity index (χ0v) is 19.4. The van der Waals surface area contributed by atoms with Crippen molar-refractivity contribution in [2.75, 3.05) is 13.2 Å². The molecule has 3 aromatic heterocycles. The minimum absolute atomic E-state index is 0.102. The Kier molecular flexibility index (Phi) is 9.53. The van der Waals surface area contributed by atoms with Crippen molar-refractivity contribution in [2.45, 2.75) is 20.8 Å². The van der Waals surface area contributed by atoms with Gasteiger partial charge >= 0.3 is 11.9 Å². The highest BCUT2D eigenvalue weighted by molar-refractivity contribution is 7.10. The lowest BCUT2D eigenvalue weighted by Crippen LogP contribution is -2.06. The Morgan fingerprint density at radius 2 is 1.10 bits per heavy atom. The molecular formula is C16H13ClN6O5S3. The van der Waals surface area contributed by atoms with Crippen molar-refractivity contribution in [1.29, 1.82) is 0 Å². The van der Waals surface area contributed by atoms with E-state index < -0.39 is 17.2 Å². The van der Waals surface area contributed by atoms with Crippen LogP contribution in [0.15, 0.2) is 0 Å². The maximum atomic E-state index is 11.6. The molecule has 0 atom stereocenters. The summed E-state index contributed by atoms with van der Waals surface area (Å²) < 4.78 is 20.7. The Bertz CT molecular complexity index is 1070. The van der Waals surface area contributed by atoms with Gasteiger partial charge in [-0.15, -0.1) is 15.3 Å². The molecule has 162 valence electrons. The minimum atomic E-state index is -0.523. The summed E-state index contributed by atoms with van der Waals surface area (Å²) in [5.74, 6) is 4.11. The van der Waals surface area contributed by atoms with Crippen molar-refractivity contribution in [3.63, 3.8) is 0 Å². The molecule has 0 aromatic carbocycles. The number of nitrogens with zero attached hydrogens (tertiary/aromatic N) is 6. The van der Waals surface area contributed by atoms with Crippen molar-refractivity contribution in [2.24, 2.45) is 0 Å². The second-order valence-electron chi connectivity index (χ2n) is 5.34. The average molecular weight is 501 g/mol. The minimum Gasteiger partial charge on any atom is -0.448 e. The molecule has 0 saturated carbocycles. The van der Waals surface area contributed by atoms with Gasteiger partial charge in [0.15, 0.2) is 23.0 Å². The molecule has 0 fully saturated rings. The lowest BCUT2D eigenvalue weighted by molar-refractivity contribution is 0.0543. The maximum Gasteiger partial charge on any atom is 0.352 e. The predicted molar refractivity (Wildman–Crippen MR) is 112 cm³/mol. The fourth-order valence-electron chi connectivity index (χ4n) is 1.69. The van der Waals surface area contributed by atoms with Crippen LogP contribution >= 0.6 is 46.2 Å². The lowest BCUT2D eigenvalue weighted by atomic mass is 10.4. The van der Waals surface area contributed by atoms with E-state index in [1.54, 1.807) is 20.8 Å². The van der Waals surface area contributed by atoms with Crippen LogP contribution in [0.3, 0.4) is 0 Å². The van der Waals surface area contributed by atoms with Gasteiger partial charge in [0.25, 0.3) is 5.24 Å². The summed E-state index contributed by atoms with van der Waals surface area (Å²) in [7, 11) is 0. The number of aryl methyl sites for hydroxylation is 3. The van der Waals surface area contributed by atoms with Crippen LogP contribution in [0, 0.1) is 32.6 Å². The highest BCUT2D eigenvalue weighted by Gasteiger charge is 2.15. The third-order valence-corrected chi connectivity index (χ3v) is 5.92. The highest BCUT2D eigenvalue weighted by atomic mass is 35.5. The summed E-state index contributed by atoms with van der Waals surface area (Å²) in [5, 5.41) is 10.5. The number of carbonyl (C=O) groups excluding carboxylic acids is 3. The van der Waals surface area contributed by atoms with Gasteiger partial charge in [0.2, 0.25) is 0 Å². The van der Waals surface area contributed by atoms with Gasteiger partial charge in [-0.1, -0.05) is 25.3 Å². The largest absolute Gasteiger partial charge is 0.448 e. The van der Waals surface area contributed by atoms with Crippen LogP contribution < -0.4 is 0 Å². The van der Waals surface area contributed by atoms with Gasteiger partial charge < -0.3 is 9.47 Å². The second-order valence-corrected chi connectivity index (χ2v) is 7.95. The number of ether oxygens (including phenoxy) is 2. The Morgan fingerprint density at radius 1 is 0.742 bits per heavy atom. The predicted octanol–water partition coefficient (Wildman–Crippen LogP) is 2.25. The Morgan fingerprint density at radius 3 is 1.35 bits per heavy atom. The van der Waals surface area contributed by atoms with Crippen LogP contribution in [-0.2, 0) is 9.47 Å². The zero-order chi connectivity index (χ0) is 22.8. The number of aromatic nitrogens is 6. The van der Waals surface area contributed by atoms with Gasteiger partial charge in [-0.05, 0) is 67.0 Å². The summed E-state index contributed by atoms with van der Waals surface area (Å²) in [4.78, 5) is 34.8. The standard InChI is InChI=1S/C12H10N4O4S2.C4H3ClN2OS/c1-7-9(21-15-13-7)11(17)19-5-3-4-6-20-12(18)10-8(2)14-16-22-10;1-2-3(4(5)8)9-7-6-2/h5-6H2,1-2H3;1H3. The molecule has 3 aromatic rings. The van der Waals surface area contributed by atoms with Crippen molar-refractivity contribution in [1.82, 2.24) is 28.8 Å². The van der Waals surface area contributed by atoms with Gasteiger partial charge in [-0.3, -0.25) is 4.79 Å². The summed E-state index contributed by atoms with van der Waals surface area (Å²) >= 11 is 8.09. The normalized spacial score (nSPS) is 9.68. The molecule has 0 amide bonds. The molecule has 0 aliphatic heterocycles. The number of hydrogen-bond acceptors (Lipinski definition) is 14. The van der Waals surface area contributed by atoms with Crippen LogP contribution in [0.5, 0.6) is 0 Å². The first-order valence-electron chi connectivity index (χ1n) is 8.17. The quantitative estimate of drug-likeness (QED) is 0.288. The molecule has 15 heteroatoms. The first kappa shape index (κ1) is 24.4. The molecule has 0 spiro atoms. The van der Waals surface area contributed by atoms with E-state index in [-0.39, 0.29) is 13.2 Å². The molecule has 0 aliphatic rings. The van der Waals surface area contributed by atoms with Crippen LogP contribution in [0.25, 0.3) is 0 Å².